The number of rotatable bonds is 6. The molecule has 1 N–H and O–H groups in total. The highest BCUT2D eigenvalue weighted by molar-refractivity contribution is 7.89. The van der Waals surface area contributed by atoms with E-state index in [1.165, 1.54) is 25.2 Å². The lowest BCUT2D eigenvalue weighted by atomic mass is 10.1. The van der Waals surface area contributed by atoms with Crippen molar-refractivity contribution in [2.24, 2.45) is 0 Å². The number of nitro benzene ring substituents is 1. The fourth-order valence-corrected chi connectivity index (χ4v) is 4.05. The third-order valence-electron chi connectivity index (χ3n) is 4.42. The van der Waals surface area contributed by atoms with Gasteiger partial charge in [-0.05, 0) is 41.5 Å². The number of nitrogens with zero attached hydrogens (tertiary/aromatic N) is 2. The van der Waals surface area contributed by atoms with Crippen molar-refractivity contribution in [3.63, 3.8) is 0 Å². The summed E-state index contributed by atoms with van der Waals surface area (Å²) in [6, 6.07) is 16.5. The van der Waals surface area contributed by atoms with Gasteiger partial charge in [0.05, 0.1) is 16.4 Å². The van der Waals surface area contributed by atoms with Crippen molar-refractivity contribution in [3.05, 3.63) is 76.3 Å². The fourth-order valence-electron chi connectivity index (χ4n) is 2.88. The van der Waals surface area contributed by atoms with E-state index in [-0.39, 0.29) is 16.3 Å². The first-order valence-electron chi connectivity index (χ1n) is 8.68. The molecule has 0 spiro atoms. The molecule has 0 heterocycles. The van der Waals surface area contributed by atoms with Gasteiger partial charge < -0.3 is 5.32 Å². The lowest BCUT2D eigenvalue weighted by molar-refractivity contribution is -0.384. The van der Waals surface area contributed by atoms with Crippen LogP contribution in [-0.2, 0) is 14.8 Å². The Hall–Kier alpha value is -3.30. The van der Waals surface area contributed by atoms with E-state index in [1.54, 1.807) is 31.2 Å². The molecule has 29 heavy (non-hydrogen) atoms. The lowest BCUT2D eigenvalue weighted by Crippen LogP contribution is -2.35. The van der Waals surface area contributed by atoms with E-state index in [0.29, 0.717) is 5.56 Å². The van der Waals surface area contributed by atoms with Crippen LogP contribution in [0, 0.1) is 17.0 Å². The molecule has 0 saturated heterocycles. The van der Waals surface area contributed by atoms with Gasteiger partial charge in [0.15, 0.2) is 0 Å². The molecule has 3 rings (SSSR count). The summed E-state index contributed by atoms with van der Waals surface area (Å²) in [4.78, 5) is 23.0. The van der Waals surface area contributed by atoms with E-state index in [4.69, 9.17) is 0 Å². The first-order valence-corrected chi connectivity index (χ1v) is 10.1. The van der Waals surface area contributed by atoms with E-state index in [0.717, 1.165) is 15.1 Å². The highest BCUT2D eigenvalue weighted by Gasteiger charge is 2.24. The van der Waals surface area contributed by atoms with Gasteiger partial charge in [-0.3, -0.25) is 14.9 Å². The van der Waals surface area contributed by atoms with Gasteiger partial charge in [-0.2, -0.15) is 4.31 Å². The Kier molecular flexibility index (Phi) is 5.62. The van der Waals surface area contributed by atoms with Crippen LogP contribution in [0.2, 0.25) is 0 Å². The van der Waals surface area contributed by atoms with Crippen molar-refractivity contribution in [2.45, 2.75) is 11.8 Å². The summed E-state index contributed by atoms with van der Waals surface area (Å²) in [6.07, 6.45) is 0. The molecular formula is C20H19N3O5S. The molecule has 0 unspecified atom stereocenters. The predicted octanol–water partition coefficient (Wildman–Crippen LogP) is 3.32. The van der Waals surface area contributed by atoms with Crippen LogP contribution in [0.25, 0.3) is 10.8 Å². The number of carbonyl (C=O) groups is 1. The van der Waals surface area contributed by atoms with Gasteiger partial charge in [0.2, 0.25) is 15.9 Å². The third kappa shape index (κ3) is 4.41. The molecule has 1 amide bonds. The van der Waals surface area contributed by atoms with Crippen LogP contribution >= 0.6 is 0 Å². The highest BCUT2D eigenvalue weighted by atomic mass is 32.2. The maximum atomic E-state index is 12.8. The summed E-state index contributed by atoms with van der Waals surface area (Å²) in [5.41, 5.74) is 0.436. The Balaban J connectivity index is 1.79. The Morgan fingerprint density at radius 1 is 1.07 bits per heavy atom. The monoisotopic (exact) mass is 413 g/mol. The zero-order valence-electron chi connectivity index (χ0n) is 15.8. The number of amides is 1. The normalized spacial score (nSPS) is 11.6. The summed E-state index contributed by atoms with van der Waals surface area (Å²) >= 11 is 0. The second-order valence-corrected chi connectivity index (χ2v) is 8.64. The summed E-state index contributed by atoms with van der Waals surface area (Å²) in [5, 5.41) is 15.3. The Bertz CT molecular complexity index is 1210. The number of sulfonamides is 1. The zero-order chi connectivity index (χ0) is 21.2. The topological polar surface area (TPSA) is 110 Å². The Morgan fingerprint density at radius 3 is 2.45 bits per heavy atom. The molecule has 0 atom stereocenters. The maximum absolute atomic E-state index is 12.8. The van der Waals surface area contributed by atoms with Crippen molar-refractivity contribution in [1.29, 1.82) is 0 Å². The van der Waals surface area contributed by atoms with Crippen LogP contribution in [0.15, 0.2) is 65.6 Å². The van der Waals surface area contributed by atoms with Gasteiger partial charge in [0.1, 0.15) is 5.69 Å². The second-order valence-electron chi connectivity index (χ2n) is 6.60. The molecule has 0 aromatic heterocycles. The van der Waals surface area contributed by atoms with Gasteiger partial charge in [0.25, 0.3) is 5.69 Å². The molecular weight excluding hydrogens is 394 g/mol. The molecule has 8 nitrogen and oxygen atoms in total. The quantitative estimate of drug-likeness (QED) is 0.492. The summed E-state index contributed by atoms with van der Waals surface area (Å²) in [7, 11) is -2.63. The number of aryl methyl sites for hydroxylation is 1. The summed E-state index contributed by atoms with van der Waals surface area (Å²) < 4.78 is 26.6. The number of fused-ring (bicyclic) bond motifs is 1. The molecule has 0 bridgehead atoms. The first-order chi connectivity index (χ1) is 13.7. The number of nitro groups is 1. The highest BCUT2D eigenvalue weighted by Crippen LogP contribution is 2.26. The molecule has 3 aromatic carbocycles. The number of carbonyl (C=O) groups excluding carboxylic acids is 1. The zero-order valence-corrected chi connectivity index (χ0v) is 16.6. The Morgan fingerprint density at radius 2 is 1.76 bits per heavy atom. The average molecular weight is 413 g/mol. The molecule has 9 heteroatoms. The number of hydrogen-bond donors (Lipinski definition) is 1. The van der Waals surface area contributed by atoms with Crippen LogP contribution in [-0.4, -0.2) is 37.1 Å². The van der Waals surface area contributed by atoms with E-state index < -0.39 is 27.4 Å². The Labute approximate surface area is 168 Å². The molecule has 0 aliphatic carbocycles. The summed E-state index contributed by atoms with van der Waals surface area (Å²) in [5.74, 6) is -0.677. The SMILES string of the molecule is Cc1ccc(NC(=O)CN(C)S(=O)(=O)c2ccc3ccccc3c2)c([N+](=O)[O-])c1. The molecule has 3 aromatic rings. The fraction of sp³-hybridized carbons (Fsp3) is 0.150. The number of likely N-dealkylation sites (N-methyl/N-ethyl adjacent to an activating group) is 1. The maximum Gasteiger partial charge on any atom is 0.293 e. The summed E-state index contributed by atoms with van der Waals surface area (Å²) in [6.45, 7) is 1.21. The number of hydrogen-bond acceptors (Lipinski definition) is 5. The van der Waals surface area contributed by atoms with Crippen molar-refractivity contribution in [1.82, 2.24) is 4.31 Å². The number of benzene rings is 3. The minimum atomic E-state index is -3.91. The van der Waals surface area contributed by atoms with E-state index in [2.05, 4.69) is 5.32 Å². The van der Waals surface area contributed by atoms with Gasteiger partial charge in [0, 0.05) is 13.1 Å². The standard InChI is InChI=1S/C20H19N3O5S/c1-14-7-10-18(19(11-14)23(25)26)21-20(24)13-22(2)29(27,28)17-9-8-15-5-3-4-6-16(15)12-17/h3-12H,13H2,1-2H3,(H,21,24). The largest absolute Gasteiger partial charge is 0.319 e. The van der Waals surface area contributed by atoms with Crippen LogP contribution in [0.1, 0.15) is 5.56 Å². The molecule has 0 saturated carbocycles. The van der Waals surface area contributed by atoms with E-state index in [1.807, 2.05) is 18.2 Å². The van der Waals surface area contributed by atoms with Crippen molar-refractivity contribution in [2.75, 3.05) is 18.9 Å². The second kappa shape index (κ2) is 7.98. The molecule has 0 aliphatic rings. The molecule has 0 fully saturated rings. The third-order valence-corrected chi connectivity index (χ3v) is 6.22. The van der Waals surface area contributed by atoms with Crippen LogP contribution in [0.3, 0.4) is 0 Å². The predicted molar refractivity (Wildman–Crippen MR) is 110 cm³/mol. The smallest absolute Gasteiger partial charge is 0.293 e. The first kappa shape index (κ1) is 20.4. The van der Waals surface area contributed by atoms with Crippen LogP contribution < -0.4 is 5.32 Å². The molecule has 0 aliphatic heterocycles. The van der Waals surface area contributed by atoms with Gasteiger partial charge in [-0.1, -0.05) is 36.4 Å². The molecule has 0 radical (unpaired) electrons. The van der Waals surface area contributed by atoms with Crippen LogP contribution in [0.5, 0.6) is 0 Å². The van der Waals surface area contributed by atoms with Crippen molar-refractivity contribution in [3.8, 4) is 0 Å². The van der Waals surface area contributed by atoms with Gasteiger partial charge in [-0.25, -0.2) is 8.42 Å². The number of nitrogens with one attached hydrogen (secondary N) is 1. The van der Waals surface area contributed by atoms with Gasteiger partial charge in [-0.15, -0.1) is 0 Å². The lowest BCUT2D eigenvalue weighted by Gasteiger charge is -2.17. The van der Waals surface area contributed by atoms with Gasteiger partial charge >= 0.3 is 0 Å². The molecule has 150 valence electrons. The average Bonchev–Trinajstić information content (AvgIpc) is 2.68. The minimum Gasteiger partial charge on any atom is -0.319 e. The van der Waals surface area contributed by atoms with E-state index in [9.17, 15) is 23.3 Å². The minimum absolute atomic E-state index is 0.0158. The number of anilines is 1. The van der Waals surface area contributed by atoms with Crippen LogP contribution in [0.4, 0.5) is 11.4 Å². The van der Waals surface area contributed by atoms with E-state index >= 15 is 0 Å². The van der Waals surface area contributed by atoms with Crippen molar-refractivity contribution < 1.29 is 18.1 Å². The van der Waals surface area contributed by atoms with Crippen molar-refractivity contribution >= 4 is 38.1 Å².